The van der Waals surface area contributed by atoms with Gasteiger partial charge in [-0.15, -0.1) is 5.10 Å². The van der Waals surface area contributed by atoms with Crippen LogP contribution >= 0.6 is 0 Å². The van der Waals surface area contributed by atoms with Gasteiger partial charge in [0.2, 0.25) is 5.91 Å². The van der Waals surface area contributed by atoms with Gasteiger partial charge in [0.15, 0.2) is 5.60 Å². The van der Waals surface area contributed by atoms with Gasteiger partial charge in [0, 0.05) is 48.6 Å². The van der Waals surface area contributed by atoms with Gasteiger partial charge in [-0.3, -0.25) is 24.4 Å². The summed E-state index contributed by atoms with van der Waals surface area (Å²) in [6.07, 6.45) is 3.65. The van der Waals surface area contributed by atoms with E-state index in [1.165, 1.54) is 12.1 Å². The molecule has 4 aromatic carbocycles. The molecule has 0 bridgehead atoms. The first kappa shape index (κ1) is 42.0. The van der Waals surface area contributed by atoms with Crippen molar-refractivity contribution in [2.24, 2.45) is 11.8 Å². The van der Waals surface area contributed by atoms with E-state index in [9.17, 15) is 20.0 Å². The maximum atomic E-state index is 15.4. The second-order valence-electron chi connectivity index (χ2n) is 17.1. The molecule has 2 fully saturated rings. The molecule has 61 heavy (non-hydrogen) atoms. The number of rotatable bonds is 14. The number of carbonyl (C=O) groups excluding carboxylic acids is 2. The summed E-state index contributed by atoms with van der Waals surface area (Å²) in [5.74, 6) is -0.423. The summed E-state index contributed by atoms with van der Waals surface area (Å²) >= 11 is 0. The molecule has 2 unspecified atom stereocenters. The Balaban J connectivity index is 1.14. The lowest BCUT2D eigenvalue weighted by atomic mass is 9.82. The van der Waals surface area contributed by atoms with Gasteiger partial charge in [-0.05, 0) is 72.8 Å². The molecule has 8 rings (SSSR count). The van der Waals surface area contributed by atoms with E-state index < -0.39 is 30.6 Å². The molecule has 1 spiro atoms. The van der Waals surface area contributed by atoms with E-state index in [2.05, 4.69) is 53.1 Å². The summed E-state index contributed by atoms with van der Waals surface area (Å²) in [5, 5.41) is 39.1. The fraction of sp³-hybridized carbons (Fsp3) is 0.391. The Kier molecular flexibility index (Phi) is 11.9. The number of piperidine rings is 1. The van der Waals surface area contributed by atoms with Crippen LogP contribution in [0.4, 0.5) is 17.1 Å². The van der Waals surface area contributed by atoms with Crippen LogP contribution in [0.2, 0.25) is 18.6 Å². The molecule has 3 aliphatic heterocycles. The third-order valence-corrected chi connectivity index (χ3v) is 17.5. The molecule has 4 heterocycles. The molecule has 3 N–H and O–H groups in total. The summed E-state index contributed by atoms with van der Waals surface area (Å²) in [5.41, 5.74) is 2.29. The van der Waals surface area contributed by atoms with Crippen LogP contribution in [0.3, 0.4) is 0 Å². The predicted molar refractivity (Wildman–Crippen MR) is 235 cm³/mol. The van der Waals surface area contributed by atoms with Crippen LogP contribution in [0.1, 0.15) is 54.5 Å². The normalized spacial score (nSPS) is 22.9. The number of hydrogen-bond acceptors (Lipinski definition) is 10. The Labute approximate surface area is 356 Å². The van der Waals surface area contributed by atoms with Gasteiger partial charge < -0.3 is 30.1 Å². The lowest BCUT2D eigenvalue weighted by Crippen LogP contribution is -2.51. The van der Waals surface area contributed by atoms with Crippen molar-refractivity contribution in [2.45, 2.75) is 75.5 Å². The quantitative estimate of drug-likeness (QED) is 0.0673. The molecule has 0 saturated carbocycles. The van der Waals surface area contributed by atoms with Gasteiger partial charge in [0.05, 0.1) is 62.6 Å². The number of carbonyl (C=O) groups is 2. The first-order chi connectivity index (χ1) is 29.4. The Hall–Kier alpha value is -5.74. The summed E-state index contributed by atoms with van der Waals surface area (Å²) in [6, 6.07) is 29.9. The highest BCUT2D eigenvalue weighted by Gasteiger charge is 2.66. The van der Waals surface area contributed by atoms with Crippen LogP contribution in [-0.2, 0) is 33.0 Å². The van der Waals surface area contributed by atoms with Crippen molar-refractivity contribution >= 4 is 42.1 Å². The van der Waals surface area contributed by atoms with Crippen LogP contribution in [-0.4, -0.2) is 77.8 Å². The second-order valence-corrected chi connectivity index (χ2v) is 21.8. The summed E-state index contributed by atoms with van der Waals surface area (Å²) in [6.45, 7) is 8.64. The third kappa shape index (κ3) is 7.98. The number of nitrogens with zero attached hydrogens (tertiary/aromatic N) is 5. The van der Waals surface area contributed by atoms with Crippen molar-refractivity contribution in [1.82, 2.24) is 20.3 Å². The average Bonchev–Trinajstić information content (AvgIpc) is 3.93. The van der Waals surface area contributed by atoms with Gasteiger partial charge in [-0.2, -0.15) is 0 Å². The zero-order valence-electron chi connectivity index (χ0n) is 35.0. The van der Waals surface area contributed by atoms with Crippen LogP contribution in [0, 0.1) is 22.0 Å². The molecule has 2 amide bonds. The van der Waals surface area contributed by atoms with Crippen molar-refractivity contribution in [3.05, 3.63) is 136 Å². The number of anilines is 2. The van der Waals surface area contributed by atoms with Gasteiger partial charge in [0.1, 0.15) is 5.75 Å². The van der Waals surface area contributed by atoms with Crippen molar-refractivity contribution in [2.75, 3.05) is 37.0 Å². The summed E-state index contributed by atoms with van der Waals surface area (Å²) in [4.78, 5) is 42.1. The minimum atomic E-state index is -2.53. The molecular formula is C46H53N7O7Si. The number of nitro groups is 1. The Morgan fingerprint density at radius 2 is 1.89 bits per heavy atom. The fourth-order valence-corrected chi connectivity index (χ4v) is 14.0. The van der Waals surface area contributed by atoms with Gasteiger partial charge in [0.25, 0.3) is 11.6 Å². The van der Waals surface area contributed by atoms with Gasteiger partial charge >= 0.3 is 0 Å². The number of non-ortho nitro benzene ring substituents is 1. The number of aliphatic hydroxyl groups is 1. The van der Waals surface area contributed by atoms with Crippen molar-refractivity contribution in [1.29, 1.82) is 0 Å². The SMILES string of the molecule is COc1ccc([Si](C)(C)[C@H]2[C@H](CCn3cc(C(CO)c4ccccc4)nn3)O[C@@]3(C(=O)N(Cc4cccc(NC(=O)C5CCCNC5)c4)c4ccc([N+](=O)[O-])cc43)[C@@H]2C)cc1. The maximum Gasteiger partial charge on any atom is 0.269 e. The number of aryl methyl sites for hydroxylation is 1. The lowest BCUT2D eigenvalue weighted by Gasteiger charge is -2.37. The maximum absolute atomic E-state index is 15.4. The smallest absolute Gasteiger partial charge is 0.269 e. The number of aliphatic hydroxyl groups excluding tert-OH is 1. The Morgan fingerprint density at radius 3 is 2.59 bits per heavy atom. The number of nitrogens with one attached hydrogen (secondary N) is 2. The largest absolute Gasteiger partial charge is 0.497 e. The van der Waals surface area contributed by atoms with Crippen molar-refractivity contribution in [3.63, 3.8) is 0 Å². The van der Waals surface area contributed by atoms with Crippen LogP contribution in [0.15, 0.2) is 103 Å². The highest BCUT2D eigenvalue weighted by Crippen LogP contribution is 2.60. The predicted octanol–water partition coefficient (Wildman–Crippen LogP) is 6.11. The second kappa shape index (κ2) is 17.3. The van der Waals surface area contributed by atoms with Gasteiger partial charge in [-0.25, -0.2) is 0 Å². The molecule has 6 atom stereocenters. The number of methoxy groups -OCH3 is 1. The molecule has 1 aromatic heterocycles. The van der Waals surface area contributed by atoms with E-state index in [-0.39, 0.29) is 48.0 Å². The number of amides is 2. The van der Waals surface area contributed by atoms with Crippen molar-refractivity contribution in [3.8, 4) is 5.75 Å². The summed E-state index contributed by atoms with van der Waals surface area (Å²) in [7, 11) is -0.894. The fourth-order valence-electron chi connectivity index (χ4n) is 9.99. The number of fused-ring (bicyclic) bond motifs is 2. The number of aromatic nitrogens is 3. The van der Waals surface area contributed by atoms with E-state index >= 15 is 4.79 Å². The number of nitro benzene ring substituents is 1. The number of ether oxygens (including phenoxy) is 2. The standard InChI is InChI=1S/C46H53N7O7Si/c1-30-43(61(3,4)37-18-16-36(59-2)17-19-37)42(21-23-51-28-40(49-50-51)38(29-54)32-11-6-5-7-12-32)60-46(30)39-25-35(53(57)58)15-20-41(39)52(45(46)56)27-31-10-8-14-34(24-31)48-44(55)33-13-9-22-47-26-33/h5-8,10-12,14-20,24-25,28,30,33,38,42-43,47,54H,9,13,21-23,26-27,29H2,1-4H3,(H,48,55)/t30-,33?,38?,42+,43-,46+/m1/s1. The molecule has 0 radical (unpaired) electrons. The molecule has 15 heteroatoms. The molecular weight excluding hydrogens is 791 g/mol. The molecule has 0 aliphatic carbocycles. The highest BCUT2D eigenvalue weighted by atomic mass is 28.3. The van der Waals surface area contributed by atoms with Crippen LogP contribution in [0.5, 0.6) is 5.75 Å². The Morgan fingerprint density at radius 1 is 1.10 bits per heavy atom. The van der Waals surface area contributed by atoms with E-state index in [0.717, 1.165) is 41.4 Å². The molecule has 14 nitrogen and oxygen atoms in total. The zero-order valence-corrected chi connectivity index (χ0v) is 36.0. The summed E-state index contributed by atoms with van der Waals surface area (Å²) < 4.78 is 14.5. The topological polar surface area (TPSA) is 174 Å². The van der Waals surface area contributed by atoms with Crippen LogP contribution < -0.4 is 25.5 Å². The lowest BCUT2D eigenvalue weighted by molar-refractivity contribution is -0.385. The number of benzene rings is 4. The average molecular weight is 844 g/mol. The van der Waals surface area contributed by atoms with E-state index in [1.807, 2.05) is 72.9 Å². The van der Waals surface area contributed by atoms with E-state index in [4.69, 9.17) is 9.47 Å². The van der Waals surface area contributed by atoms with E-state index in [0.29, 0.717) is 42.1 Å². The minimum Gasteiger partial charge on any atom is -0.497 e. The zero-order chi connectivity index (χ0) is 42.9. The highest BCUT2D eigenvalue weighted by molar-refractivity contribution is 6.91. The van der Waals surface area contributed by atoms with Gasteiger partial charge in [-0.1, -0.05) is 85.0 Å². The Bertz CT molecular complexity index is 2390. The first-order valence-corrected chi connectivity index (χ1v) is 24.1. The number of hydrogen-bond donors (Lipinski definition) is 3. The molecule has 3 aliphatic rings. The first-order valence-electron chi connectivity index (χ1n) is 21.0. The van der Waals surface area contributed by atoms with Crippen LogP contribution in [0.25, 0.3) is 0 Å². The molecule has 2 saturated heterocycles. The van der Waals surface area contributed by atoms with Crippen molar-refractivity contribution < 1.29 is 29.1 Å². The molecule has 318 valence electrons. The van der Waals surface area contributed by atoms with E-state index in [1.54, 1.807) is 22.8 Å². The third-order valence-electron chi connectivity index (χ3n) is 13.2. The monoisotopic (exact) mass is 843 g/mol. The minimum absolute atomic E-state index is 0.0429. The molecule has 5 aromatic rings.